The number of aromatic carboxylic acids is 1. The number of carbonyl (C=O) groups is 1. The number of nitrogens with one attached hydrogen (secondary N) is 1. The molecule has 1 saturated heterocycles. The Morgan fingerprint density at radius 1 is 1.29 bits per heavy atom. The summed E-state index contributed by atoms with van der Waals surface area (Å²) in [5, 5.41) is 12.4. The van der Waals surface area contributed by atoms with E-state index in [2.05, 4.69) is 5.32 Å². The second-order valence-electron chi connectivity index (χ2n) is 6.88. The number of benzene rings is 2. The quantitative estimate of drug-likeness (QED) is 0.609. The second kappa shape index (κ2) is 8.88. The van der Waals surface area contributed by atoms with Crippen LogP contribution in [0.1, 0.15) is 27.5 Å². The van der Waals surface area contributed by atoms with E-state index in [9.17, 15) is 14.3 Å². The van der Waals surface area contributed by atoms with Crippen LogP contribution in [-0.4, -0.2) is 48.5 Å². The van der Waals surface area contributed by atoms with E-state index in [0.717, 1.165) is 11.1 Å². The van der Waals surface area contributed by atoms with Crippen molar-refractivity contribution in [1.82, 2.24) is 5.32 Å². The van der Waals surface area contributed by atoms with Crippen molar-refractivity contribution in [3.8, 4) is 5.75 Å². The van der Waals surface area contributed by atoms with Gasteiger partial charge in [-0.2, -0.15) is 0 Å². The molecule has 28 heavy (non-hydrogen) atoms. The van der Waals surface area contributed by atoms with Crippen molar-refractivity contribution < 1.29 is 28.8 Å². The van der Waals surface area contributed by atoms with Crippen LogP contribution < -0.4 is 10.1 Å². The largest absolute Gasteiger partial charge is 0.497 e. The van der Waals surface area contributed by atoms with Gasteiger partial charge in [0.2, 0.25) is 7.37 Å². The van der Waals surface area contributed by atoms with Gasteiger partial charge >= 0.3 is 5.97 Å². The van der Waals surface area contributed by atoms with E-state index in [1.807, 2.05) is 6.07 Å². The number of methoxy groups -OCH3 is 1. The Morgan fingerprint density at radius 2 is 2.04 bits per heavy atom. The molecule has 3 atom stereocenters. The van der Waals surface area contributed by atoms with Crippen LogP contribution in [0.3, 0.4) is 0 Å². The highest BCUT2D eigenvalue weighted by Gasteiger charge is 2.29. The zero-order chi connectivity index (χ0) is 20.1. The molecule has 3 N–H and O–H groups in total. The van der Waals surface area contributed by atoms with Crippen LogP contribution in [-0.2, 0) is 15.5 Å². The van der Waals surface area contributed by atoms with E-state index in [4.69, 9.17) is 14.6 Å². The van der Waals surface area contributed by atoms with Gasteiger partial charge in [-0.3, -0.25) is 4.57 Å². The van der Waals surface area contributed by atoms with Gasteiger partial charge < -0.3 is 24.8 Å². The number of morpholine rings is 1. The molecule has 1 aliphatic rings. The standard InChI is InChI=1S/C20H24NO6P/c1-26-17-7-5-14(6-8-17)12-28(24,25)13-18-10-21-19(11-27-18)15-3-2-4-16(9-15)20(22)23/h2-9,18-19,21H,10-13H2,1H3,(H,22,23)(H,24,25)/t18-,19-/m0/s1. The number of carboxylic acid groups (broad SMARTS) is 1. The predicted octanol–water partition coefficient (Wildman–Crippen LogP) is 2.89. The summed E-state index contributed by atoms with van der Waals surface area (Å²) in [7, 11) is -1.83. The topological polar surface area (TPSA) is 105 Å². The summed E-state index contributed by atoms with van der Waals surface area (Å²) in [5.74, 6) is -0.273. The average molecular weight is 405 g/mol. The second-order valence-corrected chi connectivity index (χ2v) is 9.26. The normalized spacial score (nSPS) is 21.6. The Kier molecular flexibility index (Phi) is 6.52. The number of carboxylic acids is 1. The number of rotatable bonds is 7. The van der Waals surface area contributed by atoms with Gasteiger partial charge in [0.05, 0.1) is 37.6 Å². The summed E-state index contributed by atoms with van der Waals surface area (Å²) in [6.07, 6.45) is -0.220. The van der Waals surface area contributed by atoms with Crippen molar-refractivity contribution in [2.75, 3.05) is 26.4 Å². The number of ether oxygens (including phenoxy) is 2. The first-order valence-corrected chi connectivity index (χ1v) is 11.0. The van der Waals surface area contributed by atoms with Crippen LogP contribution in [0.25, 0.3) is 0 Å². The Bertz CT molecular complexity index is 861. The minimum Gasteiger partial charge on any atom is -0.497 e. The molecule has 7 nitrogen and oxygen atoms in total. The van der Waals surface area contributed by atoms with Gasteiger partial charge in [-0.1, -0.05) is 24.3 Å². The van der Waals surface area contributed by atoms with Crippen molar-refractivity contribution in [3.63, 3.8) is 0 Å². The lowest BCUT2D eigenvalue weighted by atomic mass is 10.0. The zero-order valence-corrected chi connectivity index (χ0v) is 16.5. The van der Waals surface area contributed by atoms with Gasteiger partial charge in [-0.15, -0.1) is 0 Å². The first-order chi connectivity index (χ1) is 13.4. The molecule has 0 spiro atoms. The van der Waals surface area contributed by atoms with E-state index in [1.54, 1.807) is 49.6 Å². The molecule has 8 heteroatoms. The predicted molar refractivity (Wildman–Crippen MR) is 105 cm³/mol. The first-order valence-electron chi connectivity index (χ1n) is 8.98. The van der Waals surface area contributed by atoms with Crippen molar-refractivity contribution in [3.05, 3.63) is 65.2 Å². The van der Waals surface area contributed by atoms with Crippen LogP contribution in [0, 0.1) is 0 Å². The van der Waals surface area contributed by atoms with Crippen LogP contribution in [0.2, 0.25) is 0 Å². The molecular formula is C20H24NO6P. The maximum atomic E-state index is 12.6. The number of hydrogen-bond acceptors (Lipinski definition) is 5. The van der Waals surface area contributed by atoms with E-state index >= 15 is 0 Å². The molecule has 1 aliphatic heterocycles. The molecule has 0 aromatic heterocycles. The summed E-state index contributed by atoms with van der Waals surface area (Å²) >= 11 is 0. The van der Waals surface area contributed by atoms with Crippen molar-refractivity contribution in [2.24, 2.45) is 0 Å². The minimum absolute atomic E-state index is 0.0634. The van der Waals surface area contributed by atoms with E-state index in [-0.39, 0.29) is 30.0 Å². The van der Waals surface area contributed by atoms with Crippen LogP contribution >= 0.6 is 7.37 Å². The monoisotopic (exact) mass is 405 g/mol. The SMILES string of the molecule is COc1ccc(CP(=O)(O)C[C@@H]2CN[C@H](c3cccc(C(=O)O)c3)CO2)cc1. The molecule has 0 bridgehead atoms. The fourth-order valence-electron chi connectivity index (χ4n) is 3.24. The minimum atomic E-state index is -3.40. The molecular weight excluding hydrogens is 381 g/mol. The fourth-order valence-corrected chi connectivity index (χ4v) is 5.02. The Morgan fingerprint density at radius 3 is 2.64 bits per heavy atom. The highest BCUT2D eigenvalue weighted by molar-refractivity contribution is 7.57. The summed E-state index contributed by atoms with van der Waals surface area (Å²) in [4.78, 5) is 21.5. The highest BCUT2D eigenvalue weighted by atomic mass is 31.2. The lowest BCUT2D eigenvalue weighted by Gasteiger charge is -2.31. The molecule has 2 aromatic carbocycles. The molecule has 3 rings (SSSR count). The maximum Gasteiger partial charge on any atom is 0.335 e. The lowest BCUT2D eigenvalue weighted by Crippen LogP contribution is -2.42. The Balaban J connectivity index is 1.55. The lowest BCUT2D eigenvalue weighted by molar-refractivity contribution is 0.0156. The molecule has 1 unspecified atom stereocenters. The third-order valence-corrected chi connectivity index (χ3v) is 6.54. The van der Waals surface area contributed by atoms with Gasteiger partial charge in [-0.25, -0.2) is 4.79 Å². The molecule has 2 aromatic rings. The summed E-state index contributed by atoms with van der Waals surface area (Å²) < 4.78 is 23.5. The summed E-state index contributed by atoms with van der Waals surface area (Å²) in [6, 6.07) is 13.7. The molecule has 0 aliphatic carbocycles. The number of hydrogen-bond donors (Lipinski definition) is 3. The van der Waals surface area contributed by atoms with Gasteiger partial charge in [0.25, 0.3) is 0 Å². The van der Waals surface area contributed by atoms with Crippen LogP contribution in [0.4, 0.5) is 0 Å². The van der Waals surface area contributed by atoms with Gasteiger partial charge in [0.15, 0.2) is 0 Å². The van der Waals surface area contributed by atoms with Crippen molar-refractivity contribution in [1.29, 1.82) is 0 Å². The molecule has 0 saturated carbocycles. The first kappa shape index (κ1) is 20.6. The molecule has 1 heterocycles. The molecule has 0 radical (unpaired) electrons. The smallest absolute Gasteiger partial charge is 0.335 e. The van der Waals surface area contributed by atoms with Crippen LogP contribution in [0.5, 0.6) is 5.75 Å². The van der Waals surface area contributed by atoms with Gasteiger partial charge in [0.1, 0.15) is 5.75 Å². The Labute approximate surface area is 163 Å². The molecule has 0 amide bonds. The van der Waals surface area contributed by atoms with Gasteiger partial charge in [-0.05, 0) is 35.4 Å². The Hall–Kier alpha value is -2.18. The highest BCUT2D eigenvalue weighted by Crippen LogP contribution is 2.46. The maximum absolute atomic E-state index is 12.6. The van der Waals surface area contributed by atoms with E-state index in [1.165, 1.54) is 0 Å². The van der Waals surface area contributed by atoms with Crippen molar-refractivity contribution in [2.45, 2.75) is 18.3 Å². The molecule has 150 valence electrons. The van der Waals surface area contributed by atoms with E-state index < -0.39 is 13.3 Å². The summed E-state index contributed by atoms with van der Waals surface area (Å²) in [6.45, 7) is 0.741. The van der Waals surface area contributed by atoms with E-state index in [0.29, 0.717) is 18.9 Å². The molecule has 1 fully saturated rings. The third-order valence-electron chi connectivity index (χ3n) is 4.70. The van der Waals surface area contributed by atoms with Crippen molar-refractivity contribution >= 4 is 13.3 Å². The summed E-state index contributed by atoms with van der Waals surface area (Å²) in [5.41, 5.74) is 1.82. The zero-order valence-electron chi connectivity index (χ0n) is 15.6. The van der Waals surface area contributed by atoms with Crippen LogP contribution in [0.15, 0.2) is 48.5 Å². The third kappa shape index (κ3) is 5.42. The van der Waals surface area contributed by atoms with Gasteiger partial charge in [0, 0.05) is 12.7 Å². The average Bonchev–Trinajstić information content (AvgIpc) is 2.68. The fraction of sp³-hybridized carbons (Fsp3) is 0.350.